The average molecular weight is 330 g/mol. The van der Waals surface area contributed by atoms with Gasteiger partial charge in [-0.15, -0.1) is 0 Å². The molecule has 0 aliphatic heterocycles. The Bertz CT molecular complexity index is 645. The summed E-state index contributed by atoms with van der Waals surface area (Å²) < 4.78 is 0. The first-order chi connectivity index (χ1) is 11.3. The summed E-state index contributed by atoms with van der Waals surface area (Å²) in [5, 5.41) is 21.9. The van der Waals surface area contributed by atoms with Crippen LogP contribution < -0.4 is 0 Å². The molecule has 6 aliphatic rings. The minimum atomic E-state index is -0.657. The van der Waals surface area contributed by atoms with E-state index in [1.807, 2.05) is 0 Å². The van der Waals surface area contributed by atoms with Crippen molar-refractivity contribution in [2.45, 2.75) is 70.5 Å². The molecule has 0 bridgehead atoms. The Labute approximate surface area is 144 Å². The summed E-state index contributed by atoms with van der Waals surface area (Å²) in [6.07, 6.45) is 6.50. The Kier molecular flexibility index (Phi) is 2.43. The Morgan fingerprint density at radius 3 is 2.62 bits per heavy atom. The number of Topliss-reactive ketones (excluding diaryl/α,β-unsaturated/α-hetero) is 1. The highest BCUT2D eigenvalue weighted by Gasteiger charge is 2.78. The lowest BCUT2D eigenvalue weighted by Gasteiger charge is -2.63. The zero-order chi connectivity index (χ0) is 16.6. The maximum atomic E-state index is 12.9. The summed E-state index contributed by atoms with van der Waals surface area (Å²) in [4.78, 5) is 12.9. The molecule has 0 aromatic heterocycles. The second-order valence-electron chi connectivity index (χ2n) is 10.8. The van der Waals surface area contributed by atoms with E-state index in [0.29, 0.717) is 53.6 Å². The van der Waals surface area contributed by atoms with Crippen LogP contribution in [-0.2, 0) is 4.79 Å². The van der Waals surface area contributed by atoms with Gasteiger partial charge in [-0.3, -0.25) is 4.79 Å². The molecule has 6 saturated carbocycles. The molecule has 3 unspecified atom stereocenters. The van der Waals surface area contributed by atoms with E-state index in [2.05, 4.69) is 13.8 Å². The van der Waals surface area contributed by atoms with Gasteiger partial charge in [0.15, 0.2) is 0 Å². The zero-order valence-electron chi connectivity index (χ0n) is 14.9. The third-order valence-electron chi connectivity index (χ3n) is 10.1. The van der Waals surface area contributed by atoms with Gasteiger partial charge in [0.2, 0.25) is 0 Å². The van der Waals surface area contributed by atoms with Crippen molar-refractivity contribution in [1.82, 2.24) is 0 Å². The van der Waals surface area contributed by atoms with Gasteiger partial charge in [-0.05, 0) is 79.4 Å². The third-order valence-corrected chi connectivity index (χ3v) is 10.1. The molecule has 0 aromatic rings. The molecule has 0 heterocycles. The molecule has 6 fully saturated rings. The van der Waals surface area contributed by atoms with E-state index >= 15 is 0 Å². The molecule has 0 spiro atoms. The van der Waals surface area contributed by atoms with Gasteiger partial charge in [0.25, 0.3) is 0 Å². The van der Waals surface area contributed by atoms with Gasteiger partial charge < -0.3 is 10.2 Å². The number of hydrogen-bond acceptors (Lipinski definition) is 3. The Balaban J connectivity index is 1.45. The van der Waals surface area contributed by atoms with Crippen molar-refractivity contribution in [1.29, 1.82) is 0 Å². The van der Waals surface area contributed by atoms with Crippen LogP contribution >= 0.6 is 0 Å². The van der Waals surface area contributed by atoms with Crippen LogP contribution in [0, 0.1) is 52.3 Å². The van der Waals surface area contributed by atoms with Crippen LogP contribution in [0.25, 0.3) is 0 Å². The molecule has 3 nitrogen and oxygen atoms in total. The third kappa shape index (κ3) is 1.37. The first-order valence-electron chi connectivity index (χ1n) is 10.3. The number of fused-ring (bicyclic) bond motifs is 10. The lowest BCUT2D eigenvalue weighted by atomic mass is 9.43. The van der Waals surface area contributed by atoms with Crippen molar-refractivity contribution in [3.63, 3.8) is 0 Å². The van der Waals surface area contributed by atoms with Crippen molar-refractivity contribution >= 4 is 5.78 Å². The van der Waals surface area contributed by atoms with Gasteiger partial charge in [-0.1, -0.05) is 13.8 Å². The highest BCUT2D eigenvalue weighted by molar-refractivity contribution is 5.92. The van der Waals surface area contributed by atoms with E-state index in [4.69, 9.17) is 0 Å². The number of rotatable bonds is 0. The lowest BCUT2D eigenvalue weighted by Crippen LogP contribution is -2.64. The van der Waals surface area contributed by atoms with Crippen LogP contribution in [0.1, 0.15) is 58.8 Å². The molecule has 0 amide bonds. The topological polar surface area (TPSA) is 57.5 Å². The summed E-state index contributed by atoms with van der Waals surface area (Å²) in [5.41, 5.74) is -0.760. The number of ketones is 1. The van der Waals surface area contributed by atoms with E-state index in [-0.39, 0.29) is 16.9 Å². The van der Waals surface area contributed by atoms with Crippen molar-refractivity contribution in [2.75, 3.05) is 0 Å². The molecule has 11 atom stereocenters. The van der Waals surface area contributed by atoms with Crippen molar-refractivity contribution < 1.29 is 15.0 Å². The minimum Gasteiger partial charge on any atom is -0.393 e. The first kappa shape index (κ1) is 14.7. The van der Waals surface area contributed by atoms with Gasteiger partial charge >= 0.3 is 0 Å². The first-order valence-corrected chi connectivity index (χ1v) is 10.3. The van der Waals surface area contributed by atoms with Crippen molar-refractivity contribution in [2.24, 2.45) is 52.3 Å². The van der Waals surface area contributed by atoms with E-state index in [0.717, 1.165) is 38.5 Å². The summed E-state index contributed by atoms with van der Waals surface area (Å²) in [7, 11) is 0. The molecule has 0 saturated heterocycles. The van der Waals surface area contributed by atoms with Crippen molar-refractivity contribution in [3.05, 3.63) is 0 Å². The lowest BCUT2D eigenvalue weighted by molar-refractivity contribution is -0.225. The van der Waals surface area contributed by atoms with E-state index < -0.39 is 5.60 Å². The molecule has 6 rings (SSSR count). The molecular weight excluding hydrogens is 300 g/mol. The summed E-state index contributed by atoms with van der Waals surface area (Å²) in [5.74, 6) is 4.46. The maximum absolute atomic E-state index is 12.9. The van der Waals surface area contributed by atoms with E-state index in [9.17, 15) is 15.0 Å². The fourth-order valence-corrected chi connectivity index (χ4v) is 8.83. The second kappa shape index (κ2) is 3.96. The fraction of sp³-hybridized carbons (Fsp3) is 0.952. The Morgan fingerprint density at radius 1 is 1.04 bits per heavy atom. The number of carbonyl (C=O) groups is 1. The van der Waals surface area contributed by atoms with Gasteiger partial charge in [-0.25, -0.2) is 0 Å². The number of aliphatic hydroxyl groups is 2. The smallest absolute Gasteiger partial charge is 0.142 e. The fourth-order valence-electron chi connectivity index (χ4n) is 8.83. The number of hydrogen-bond donors (Lipinski definition) is 2. The van der Waals surface area contributed by atoms with Crippen LogP contribution in [-0.4, -0.2) is 27.7 Å². The van der Waals surface area contributed by atoms with Crippen molar-refractivity contribution in [3.8, 4) is 0 Å². The average Bonchev–Trinajstić information content (AvgIpc) is 3.41. The van der Waals surface area contributed by atoms with E-state index in [1.165, 1.54) is 0 Å². The van der Waals surface area contributed by atoms with E-state index in [1.54, 1.807) is 0 Å². The highest BCUT2D eigenvalue weighted by Crippen LogP contribution is 2.78. The van der Waals surface area contributed by atoms with Gasteiger partial charge in [0.05, 0.1) is 11.7 Å². The molecule has 2 N–H and O–H groups in total. The summed E-state index contributed by atoms with van der Waals surface area (Å²) in [6.45, 7) is 4.60. The predicted octanol–water partition coefficient (Wildman–Crippen LogP) is 2.79. The molecule has 24 heavy (non-hydrogen) atoms. The highest BCUT2D eigenvalue weighted by atomic mass is 16.3. The zero-order valence-corrected chi connectivity index (χ0v) is 14.9. The van der Waals surface area contributed by atoms with Crippen LogP contribution in [0.15, 0.2) is 0 Å². The second-order valence-corrected chi connectivity index (χ2v) is 10.8. The Hall–Kier alpha value is -0.410. The largest absolute Gasteiger partial charge is 0.393 e. The van der Waals surface area contributed by atoms with Crippen LogP contribution in [0.2, 0.25) is 0 Å². The van der Waals surface area contributed by atoms with Crippen LogP contribution in [0.4, 0.5) is 0 Å². The molecule has 0 aromatic carbocycles. The minimum absolute atomic E-state index is 0.0497. The molecule has 6 aliphatic carbocycles. The monoisotopic (exact) mass is 330 g/mol. The number of carbonyl (C=O) groups excluding carboxylic acids is 1. The Morgan fingerprint density at radius 2 is 1.83 bits per heavy atom. The van der Waals surface area contributed by atoms with Crippen LogP contribution in [0.5, 0.6) is 0 Å². The molecular formula is C21H30O3. The summed E-state index contributed by atoms with van der Waals surface area (Å²) >= 11 is 0. The standard InChI is InChI=1S/C21H30O3/c1-19-5-4-14-16(17(19)11-7-12(11)18(19)23)13-8-15(13)21(24)9-10(22)3-6-20(14,21)2/h10-17,22,24H,3-9H2,1-2H3/t10-,11?,12-,13-,14?,15+,16+,17?,19-,20+,21+/m0/s1. The van der Waals surface area contributed by atoms with Gasteiger partial charge in [0, 0.05) is 17.8 Å². The molecule has 132 valence electrons. The van der Waals surface area contributed by atoms with Crippen LogP contribution in [0.3, 0.4) is 0 Å². The maximum Gasteiger partial charge on any atom is 0.142 e. The SMILES string of the molecule is C[C@]12CCC3[C@H](C1C1C[C@@H]1C2=O)[C@H]1C[C@H]1[C@]1(O)C[C@@H](O)CC[C@]31C. The predicted molar refractivity (Wildman–Crippen MR) is 88.9 cm³/mol. The normalized spacial score (nSPS) is 69.1. The van der Waals surface area contributed by atoms with Gasteiger partial charge in [0.1, 0.15) is 5.78 Å². The van der Waals surface area contributed by atoms with Gasteiger partial charge in [-0.2, -0.15) is 0 Å². The quantitative estimate of drug-likeness (QED) is 0.718. The number of aliphatic hydroxyl groups excluding tert-OH is 1. The molecule has 0 radical (unpaired) electrons. The molecule has 3 heteroatoms. The summed E-state index contributed by atoms with van der Waals surface area (Å²) in [6, 6.07) is 0.